The molecule has 2 heterocycles. The van der Waals surface area contributed by atoms with E-state index in [1.807, 2.05) is 12.1 Å². The van der Waals surface area contributed by atoms with Gasteiger partial charge in [-0.05, 0) is 18.7 Å². The van der Waals surface area contributed by atoms with Gasteiger partial charge in [0.2, 0.25) is 0 Å². The maximum atomic E-state index is 10.6. The van der Waals surface area contributed by atoms with E-state index in [1.54, 1.807) is 6.20 Å². The number of halogens is 1. The van der Waals surface area contributed by atoms with Gasteiger partial charge in [0.1, 0.15) is 12.1 Å². The van der Waals surface area contributed by atoms with Crippen molar-refractivity contribution in [3.8, 4) is 0 Å². The maximum absolute atomic E-state index is 10.6. The zero-order valence-corrected chi connectivity index (χ0v) is 11.4. The summed E-state index contributed by atoms with van der Waals surface area (Å²) in [7, 11) is 2.13. The van der Waals surface area contributed by atoms with Crippen LogP contribution in [-0.4, -0.2) is 49.4 Å². The number of likely N-dealkylation sites (N-methyl/N-ethyl adjacent to an activating group) is 1. The topological polar surface area (TPSA) is 36.4 Å². The first kappa shape index (κ1) is 12.5. The molecule has 0 N–H and O–H groups in total. The molecule has 5 heteroatoms. The van der Waals surface area contributed by atoms with Crippen molar-refractivity contribution in [3.63, 3.8) is 0 Å². The van der Waals surface area contributed by atoms with Crippen LogP contribution in [0.2, 0.25) is 0 Å². The molecule has 0 bridgehead atoms. The molecule has 1 unspecified atom stereocenters. The van der Waals surface area contributed by atoms with Crippen molar-refractivity contribution in [3.05, 3.63) is 23.9 Å². The van der Waals surface area contributed by atoms with Crippen LogP contribution in [0.3, 0.4) is 0 Å². The number of hydrogen-bond acceptors (Lipinski definition) is 4. The smallest absolute Gasteiger partial charge is 0.138 e. The lowest BCUT2D eigenvalue weighted by Gasteiger charge is -2.33. The summed E-state index contributed by atoms with van der Waals surface area (Å²) in [5.74, 6) is 0.993. The highest BCUT2D eigenvalue weighted by Crippen LogP contribution is 2.21. The van der Waals surface area contributed by atoms with Gasteiger partial charge in [-0.15, -0.1) is 0 Å². The van der Waals surface area contributed by atoms with E-state index < -0.39 is 0 Å². The van der Waals surface area contributed by atoms with E-state index in [0.717, 1.165) is 43.8 Å². The van der Waals surface area contributed by atoms with Crippen LogP contribution in [0.1, 0.15) is 10.4 Å². The van der Waals surface area contributed by atoms with Crippen molar-refractivity contribution in [2.24, 2.45) is 0 Å². The second-order valence-corrected chi connectivity index (χ2v) is 5.26. The summed E-state index contributed by atoms with van der Waals surface area (Å²) in [6, 6.07) is 3.94. The molecule has 1 atom stereocenters. The number of anilines is 1. The third-order valence-electron chi connectivity index (χ3n) is 3.04. The van der Waals surface area contributed by atoms with Gasteiger partial charge in [-0.25, -0.2) is 4.98 Å². The highest BCUT2D eigenvalue weighted by atomic mass is 79.9. The van der Waals surface area contributed by atoms with Crippen LogP contribution in [0, 0.1) is 0 Å². The molecule has 0 spiro atoms. The largest absolute Gasteiger partial charge is 0.354 e. The third-order valence-corrected chi connectivity index (χ3v) is 3.78. The first-order chi connectivity index (χ1) is 8.20. The van der Waals surface area contributed by atoms with Crippen LogP contribution in [0.15, 0.2) is 18.3 Å². The molecule has 0 amide bonds. The molecule has 4 nitrogen and oxygen atoms in total. The minimum Gasteiger partial charge on any atom is -0.354 e. The SMILES string of the molecule is CN1CCN(c2ccc(C(Br)C=O)cn2)CC1. The van der Waals surface area contributed by atoms with Gasteiger partial charge in [-0.1, -0.05) is 22.0 Å². The normalized spacial score (nSPS) is 19.1. The summed E-state index contributed by atoms with van der Waals surface area (Å²) in [4.78, 5) is 19.4. The Morgan fingerprint density at radius 2 is 2.06 bits per heavy atom. The molecule has 0 saturated carbocycles. The number of aromatic nitrogens is 1. The summed E-state index contributed by atoms with van der Waals surface area (Å²) in [5.41, 5.74) is 0.901. The molecule has 0 aliphatic carbocycles. The van der Waals surface area contributed by atoms with Gasteiger partial charge in [-0.3, -0.25) is 0 Å². The van der Waals surface area contributed by atoms with Crippen LogP contribution in [0.4, 0.5) is 5.82 Å². The van der Waals surface area contributed by atoms with E-state index >= 15 is 0 Å². The average Bonchev–Trinajstić information content (AvgIpc) is 2.39. The van der Waals surface area contributed by atoms with Gasteiger partial charge < -0.3 is 14.6 Å². The summed E-state index contributed by atoms with van der Waals surface area (Å²) in [5, 5.41) is 0. The summed E-state index contributed by atoms with van der Waals surface area (Å²) < 4.78 is 0. The number of pyridine rings is 1. The fourth-order valence-electron chi connectivity index (χ4n) is 1.86. The predicted molar refractivity (Wildman–Crippen MR) is 71.7 cm³/mol. The standard InChI is InChI=1S/C12H16BrN3O/c1-15-4-6-16(7-5-15)12-3-2-10(8-14-12)11(13)9-17/h2-3,8-9,11H,4-7H2,1H3. The summed E-state index contributed by atoms with van der Waals surface area (Å²) in [6.07, 6.45) is 2.63. The quantitative estimate of drug-likeness (QED) is 0.625. The minimum absolute atomic E-state index is 0.253. The molecule has 1 aromatic rings. The number of aldehydes is 1. The number of nitrogens with zero attached hydrogens (tertiary/aromatic N) is 3. The van der Waals surface area contributed by atoms with Crippen molar-refractivity contribution in [2.45, 2.75) is 4.83 Å². The molecule has 1 aliphatic rings. The Morgan fingerprint density at radius 1 is 1.35 bits per heavy atom. The number of alkyl halides is 1. The number of piperazine rings is 1. The first-order valence-electron chi connectivity index (χ1n) is 5.69. The molecule has 0 aromatic carbocycles. The predicted octanol–water partition coefficient (Wildman–Crippen LogP) is 1.47. The number of hydrogen-bond donors (Lipinski definition) is 0. The minimum atomic E-state index is -0.253. The molecule has 1 aliphatic heterocycles. The van der Waals surface area contributed by atoms with Gasteiger partial charge in [0.15, 0.2) is 0 Å². The lowest BCUT2D eigenvalue weighted by Crippen LogP contribution is -2.44. The Morgan fingerprint density at radius 3 is 2.59 bits per heavy atom. The molecule has 1 saturated heterocycles. The lowest BCUT2D eigenvalue weighted by molar-refractivity contribution is -0.107. The van der Waals surface area contributed by atoms with Gasteiger partial charge in [-0.2, -0.15) is 0 Å². The van der Waals surface area contributed by atoms with Crippen LogP contribution in [0.25, 0.3) is 0 Å². The second kappa shape index (κ2) is 5.60. The lowest BCUT2D eigenvalue weighted by atomic mass is 10.2. The van der Waals surface area contributed by atoms with Crippen LogP contribution in [0.5, 0.6) is 0 Å². The molecule has 2 rings (SSSR count). The van der Waals surface area contributed by atoms with Gasteiger partial charge in [0, 0.05) is 32.4 Å². The third kappa shape index (κ3) is 3.04. The number of carbonyl (C=O) groups is 1. The maximum Gasteiger partial charge on any atom is 0.138 e. The summed E-state index contributed by atoms with van der Waals surface area (Å²) >= 11 is 3.29. The highest BCUT2D eigenvalue weighted by molar-refractivity contribution is 9.09. The fourth-order valence-corrected chi connectivity index (χ4v) is 2.13. The molecular weight excluding hydrogens is 282 g/mol. The average molecular weight is 298 g/mol. The molecule has 92 valence electrons. The van der Waals surface area contributed by atoms with Gasteiger partial charge >= 0.3 is 0 Å². The Hall–Kier alpha value is -0.940. The van der Waals surface area contributed by atoms with E-state index in [-0.39, 0.29) is 4.83 Å². The highest BCUT2D eigenvalue weighted by Gasteiger charge is 2.15. The molecular formula is C12H16BrN3O. The zero-order chi connectivity index (χ0) is 12.3. The van der Waals surface area contributed by atoms with E-state index in [9.17, 15) is 4.79 Å². The van der Waals surface area contributed by atoms with E-state index in [2.05, 4.69) is 37.8 Å². The van der Waals surface area contributed by atoms with Crippen LogP contribution >= 0.6 is 15.9 Å². The Balaban J connectivity index is 2.05. The van der Waals surface area contributed by atoms with Crippen LogP contribution < -0.4 is 4.90 Å². The Labute approximate surface area is 110 Å². The van der Waals surface area contributed by atoms with Crippen LogP contribution in [-0.2, 0) is 4.79 Å². The molecule has 0 radical (unpaired) electrons. The molecule has 1 fully saturated rings. The zero-order valence-electron chi connectivity index (χ0n) is 9.84. The molecule has 17 heavy (non-hydrogen) atoms. The van der Waals surface area contributed by atoms with Crippen molar-refractivity contribution in [2.75, 3.05) is 38.1 Å². The van der Waals surface area contributed by atoms with Crippen molar-refractivity contribution < 1.29 is 4.79 Å². The monoisotopic (exact) mass is 297 g/mol. The fraction of sp³-hybridized carbons (Fsp3) is 0.500. The van der Waals surface area contributed by atoms with E-state index in [1.165, 1.54) is 0 Å². The van der Waals surface area contributed by atoms with Crippen molar-refractivity contribution in [1.82, 2.24) is 9.88 Å². The van der Waals surface area contributed by atoms with Crippen molar-refractivity contribution >= 4 is 28.0 Å². The van der Waals surface area contributed by atoms with Crippen molar-refractivity contribution in [1.29, 1.82) is 0 Å². The summed E-state index contributed by atoms with van der Waals surface area (Å²) in [6.45, 7) is 4.15. The second-order valence-electron chi connectivity index (χ2n) is 4.28. The Kier molecular flexibility index (Phi) is 4.12. The molecule has 1 aromatic heterocycles. The van der Waals surface area contributed by atoms with Gasteiger partial charge in [0.05, 0.1) is 4.83 Å². The van der Waals surface area contributed by atoms with Gasteiger partial charge in [0.25, 0.3) is 0 Å². The van der Waals surface area contributed by atoms with E-state index in [4.69, 9.17) is 0 Å². The number of carbonyl (C=O) groups excluding carboxylic acids is 1. The Bertz CT molecular complexity index is 374. The first-order valence-corrected chi connectivity index (χ1v) is 6.61. The van der Waals surface area contributed by atoms with E-state index in [0.29, 0.717) is 0 Å². The number of rotatable bonds is 3.